The van der Waals surface area contributed by atoms with E-state index < -0.39 is 18.9 Å². The van der Waals surface area contributed by atoms with Crippen LogP contribution < -0.4 is 0 Å². The van der Waals surface area contributed by atoms with Crippen LogP contribution in [0.3, 0.4) is 0 Å². The van der Waals surface area contributed by atoms with Gasteiger partial charge < -0.3 is 14.2 Å². The Morgan fingerprint density at radius 2 is 1.29 bits per heavy atom. The summed E-state index contributed by atoms with van der Waals surface area (Å²) >= 11 is 0. The van der Waals surface area contributed by atoms with Gasteiger partial charge in [0.25, 0.3) is 0 Å². The van der Waals surface area contributed by atoms with Crippen molar-refractivity contribution in [1.29, 1.82) is 0 Å². The lowest BCUT2D eigenvalue weighted by atomic mass is 9.85. The van der Waals surface area contributed by atoms with Crippen molar-refractivity contribution in [3.05, 3.63) is 71.8 Å². The second-order valence-corrected chi connectivity index (χ2v) is 8.59. The zero-order valence-corrected chi connectivity index (χ0v) is 15.3. The maximum absolute atomic E-state index is 12.9. The van der Waals surface area contributed by atoms with Crippen molar-refractivity contribution in [1.82, 2.24) is 0 Å². The second kappa shape index (κ2) is 8.09. The van der Waals surface area contributed by atoms with Gasteiger partial charge in [-0.15, -0.1) is 0 Å². The Hall–Kier alpha value is -1.45. The monoisotopic (exact) mass is 348 g/mol. The van der Waals surface area contributed by atoms with Gasteiger partial charge in [-0.3, -0.25) is 4.57 Å². The molecule has 0 fully saturated rings. The topological polar surface area (TPSA) is 55.8 Å². The molecule has 2 rings (SSSR count). The van der Waals surface area contributed by atoms with Gasteiger partial charge >= 0.3 is 7.60 Å². The molecule has 2 aromatic rings. The summed E-state index contributed by atoms with van der Waals surface area (Å²) in [7, 11) is -0.711. The van der Waals surface area contributed by atoms with Gasteiger partial charge in [0.15, 0.2) is 0 Å². The van der Waals surface area contributed by atoms with Crippen molar-refractivity contribution >= 4 is 7.60 Å². The molecular formula is C19H25O4P. The number of hydrogen-bond donors (Lipinski definition) is 1. The van der Waals surface area contributed by atoms with Crippen LogP contribution in [0.4, 0.5) is 0 Å². The van der Waals surface area contributed by atoms with Crippen LogP contribution in [0.5, 0.6) is 0 Å². The second-order valence-electron chi connectivity index (χ2n) is 6.01. The normalized spacial score (nSPS) is 13.7. The molecule has 0 saturated heterocycles. The molecule has 0 aromatic heterocycles. The fourth-order valence-corrected chi connectivity index (χ4v) is 4.49. The quantitative estimate of drug-likeness (QED) is 0.731. The first-order chi connectivity index (χ1) is 11.4. The highest BCUT2D eigenvalue weighted by atomic mass is 31.2. The van der Waals surface area contributed by atoms with Crippen molar-refractivity contribution in [2.75, 3.05) is 14.2 Å². The smallest absolute Gasteiger partial charge is 0.335 e. The first-order valence-electron chi connectivity index (χ1n) is 7.95. The van der Waals surface area contributed by atoms with E-state index >= 15 is 0 Å². The van der Waals surface area contributed by atoms with E-state index in [-0.39, 0.29) is 0 Å². The third-order valence-electron chi connectivity index (χ3n) is 4.47. The lowest BCUT2D eigenvalue weighted by molar-refractivity contribution is 0.0312. The molecule has 0 aliphatic heterocycles. The van der Waals surface area contributed by atoms with Gasteiger partial charge in [0, 0.05) is 27.1 Å². The average Bonchev–Trinajstić information content (AvgIpc) is 2.62. The van der Waals surface area contributed by atoms with Crippen LogP contribution in [0.25, 0.3) is 0 Å². The number of rotatable bonds is 8. The van der Waals surface area contributed by atoms with Crippen LogP contribution in [-0.4, -0.2) is 30.6 Å². The molecule has 0 aliphatic rings. The Balaban J connectivity index is 2.38. The summed E-state index contributed by atoms with van der Waals surface area (Å²) in [5.74, 6) is 0. The molecule has 1 unspecified atom stereocenters. The highest BCUT2D eigenvalue weighted by Gasteiger charge is 2.46. The minimum Gasteiger partial charge on any atom is -0.388 e. The molecule has 0 bridgehead atoms. The molecular weight excluding hydrogens is 323 g/mol. The summed E-state index contributed by atoms with van der Waals surface area (Å²) in [4.78, 5) is 0. The molecule has 0 amide bonds. The Bertz CT molecular complexity index is 623. The molecule has 0 heterocycles. The molecule has 1 N–H and O–H groups in total. The van der Waals surface area contributed by atoms with Crippen LogP contribution in [0.2, 0.25) is 0 Å². The van der Waals surface area contributed by atoms with Gasteiger partial charge in [-0.1, -0.05) is 60.7 Å². The van der Waals surface area contributed by atoms with Crippen molar-refractivity contribution in [2.45, 2.75) is 31.0 Å². The highest BCUT2D eigenvalue weighted by Crippen LogP contribution is 2.56. The SMILES string of the molecule is COP(=O)(OC)C(C)C(O)(Cc1ccccc1)Cc1ccccc1. The minimum atomic E-state index is -3.42. The maximum Gasteiger partial charge on any atom is 0.335 e. The van der Waals surface area contributed by atoms with Crippen LogP contribution >= 0.6 is 7.60 Å². The van der Waals surface area contributed by atoms with E-state index in [1.54, 1.807) is 6.92 Å². The van der Waals surface area contributed by atoms with E-state index in [9.17, 15) is 9.67 Å². The molecule has 0 saturated carbocycles. The van der Waals surface area contributed by atoms with Crippen LogP contribution in [0, 0.1) is 0 Å². The first kappa shape index (κ1) is 18.9. The van der Waals surface area contributed by atoms with E-state index in [0.29, 0.717) is 12.8 Å². The summed E-state index contributed by atoms with van der Waals surface area (Å²) in [6, 6.07) is 19.4. The predicted octanol–water partition coefficient (Wildman–Crippen LogP) is 4.08. The summed E-state index contributed by atoms with van der Waals surface area (Å²) < 4.78 is 23.2. The Morgan fingerprint density at radius 1 is 0.917 bits per heavy atom. The van der Waals surface area contributed by atoms with Gasteiger partial charge in [-0.2, -0.15) is 0 Å². The number of benzene rings is 2. The van der Waals surface area contributed by atoms with E-state index in [1.807, 2.05) is 60.7 Å². The molecule has 2 aromatic carbocycles. The Labute approximate surface area is 144 Å². The lowest BCUT2D eigenvalue weighted by Gasteiger charge is -2.37. The molecule has 1 atom stereocenters. The molecule has 0 spiro atoms. The number of aliphatic hydroxyl groups is 1. The van der Waals surface area contributed by atoms with Gasteiger partial charge in [0.05, 0.1) is 11.3 Å². The zero-order valence-electron chi connectivity index (χ0n) is 14.4. The van der Waals surface area contributed by atoms with Crippen molar-refractivity contribution in [2.24, 2.45) is 0 Å². The van der Waals surface area contributed by atoms with Crippen molar-refractivity contribution in [3.8, 4) is 0 Å². The summed E-state index contributed by atoms with van der Waals surface area (Å²) in [6.07, 6.45) is 0.723. The largest absolute Gasteiger partial charge is 0.388 e. The van der Waals surface area contributed by atoms with Crippen LogP contribution in [-0.2, 0) is 26.5 Å². The fourth-order valence-electron chi connectivity index (χ4n) is 2.94. The number of hydrogen-bond acceptors (Lipinski definition) is 4. The fraction of sp³-hybridized carbons (Fsp3) is 0.368. The van der Waals surface area contributed by atoms with E-state index in [4.69, 9.17) is 9.05 Å². The minimum absolute atomic E-state index is 0.362. The molecule has 24 heavy (non-hydrogen) atoms. The highest BCUT2D eigenvalue weighted by molar-refractivity contribution is 7.54. The van der Waals surface area contributed by atoms with Crippen LogP contribution in [0.15, 0.2) is 60.7 Å². The van der Waals surface area contributed by atoms with E-state index in [2.05, 4.69) is 0 Å². The molecule has 0 aliphatic carbocycles. The van der Waals surface area contributed by atoms with Crippen molar-refractivity contribution < 1.29 is 18.7 Å². The maximum atomic E-state index is 12.9. The van der Waals surface area contributed by atoms with Crippen molar-refractivity contribution in [3.63, 3.8) is 0 Å². The van der Waals surface area contributed by atoms with Crippen LogP contribution in [0.1, 0.15) is 18.1 Å². The summed E-state index contributed by atoms with van der Waals surface area (Å²) in [6.45, 7) is 1.72. The molecule has 5 heteroatoms. The first-order valence-corrected chi connectivity index (χ1v) is 9.56. The predicted molar refractivity (Wildman–Crippen MR) is 96.3 cm³/mol. The van der Waals surface area contributed by atoms with Gasteiger partial charge in [0.1, 0.15) is 0 Å². The lowest BCUT2D eigenvalue weighted by Crippen LogP contribution is -2.45. The zero-order chi connectivity index (χ0) is 17.6. The van der Waals surface area contributed by atoms with Gasteiger partial charge in [-0.25, -0.2) is 0 Å². The molecule has 0 radical (unpaired) electrons. The van der Waals surface area contributed by atoms with E-state index in [1.165, 1.54) is 14.2 Å². The standard InChI is InChI=1S/C19H25O4P/c1-16(24(21,22-2)23-3)19(20,14-17-10-6-4-7-11-17)15-18-12-8-5-9-13-18/h4-13,16,20H,14-15H2,1-3H3. The summed E-state index contributed by atoms with van der Waals surface area (Å²) in [5, 5.41) is 11.5. The third-order valence-corrected chi connectivity index (χ3v) is 6.91. The van der Waals surface area contributed by atoms with E-state index in [0.717, 1.165) is 11.1 Å². The molecule has 4 nitrogen and oxygen atoms in total. The van der Waals surface area contributed by atoms with Gasteiger partial charge in [0.2, 0.25) is 0 Å². The molecule has 130 valence electrons. The summed E-state index contributed by atoms with van der Waals surface area (Å²) in [5.41, 5.74) is 0.00745. The Kier molecular flexibility index (Phi) is 6.36. The Morgan fingerprint density at radius 3 is 1.62 bits per heavy atom. The average molecular weight is 348 g/mol. The van der Waals surface area contributed by atoms with Gasteiger partial charge in [-0.05, 0) is 18.1 Å². The third kappa shape index (κ3) is 4.34.